The fraction of sp³-hybridized carbons (Fsp3) is 0.700. The third-order valence-electron chi connectivity index (χ3n) is 9.34. The molecule has 5 rings (SSSR count). The average molecular weight is 480 g/mol. The summed E-state index contributed by atoms with van der Waals surface area (Å²) in [4.78, 5) is 19.4. The Morgan fingerprint density at radius 1 is 1.00 bits per heavy atom. The SMILES string of the molecule is CCC(=O)CN1CCN(c2ccc(N3CCC(OC)CC3)cc2C2=CCC3(CCCC3)CC2)CC1. The molecular formula is C30H45N3O2. The Bertz CT molecular complexity index is 904. The molecule has 2 saturated heterocycles. The Morgan fingerprint density at radius 3 is 2.37 bits per heavy atom. The van der Waals surface area contributed by atoms with Gasteiger partial charge in [-0.05, 0) is 74.1 Å². The maximum absolute atomic E-state index is 12.0. The van der Waals surface area contributed by atoms with Crippen molar-refractivity contribution in [2.75, 3.05) is 62.7 Å². The van der Waals surface area contributed by atoms with E-state index in [1.165, 1.54) is 61.9 Å². The van der Waals surface area contributed by atoms with Gasteiger partial charge in [0.15, 0.2) is 0 Å². The molecule has 0 aromatic heterocycles. The van der Waals surface area contributed by atoms with E-state index in [1.54, 1.807) is 5.57 Å². The minimum Gasteiger partial charge on any atom is -0.381 e. The van der Waals surface area contributed by atoms with Crippen LogP contribution in [0.5, 0.6) is 0 Å². The van der Waals surface area contributed by atoms with Crippen molar-refractivity contribution in [2.45, 2.75) is 77.2 Å². The smallest absolute Gasteiger partial charge is 0.146 e. The number of ketones is 1. The molecule has 5 nitrogen and oxygen atoms in total. The van der Waals surface area contributed by atoms with Crippen molar-refractivity contribution in [2.24, 2.45) is 5.41 Å². The summed E-state index contributed by atoms with van der Waals surface area (Å²) in [7, 11) is 1.85. The van der Waals surface area contributed by atoms with Gasteiger partial charge in [-0.2, -0.15) is 0 Å². The number of carbonyl (C=O) groups excluding carboxylic acids is 1. The second kappa shape index (κ2) is 11.0. The van der Waals surface area contributed by atoms with Crippen LogP contribution in [-0.2, 0) is 9.53 Å². The van der Waals surface area contributed by atoms with Crippen LogP contribution in [0.25, 0.3) is 5.57 Å². The molecule has 1 spiro atoms. The Labute approximate surface area is 212 Å². The van der Waals surface area contributed by atoms with E-state index in [9.17, 15) is 4.79 Å². The lowest BCUT2D eigenvalue weighted by Gasteiger charge is -2.39. The molecule has 2 heterocycles. The second-order valence-corrected chi connectivity index (χ2v) is 11.4. The van der Waals surface area contributed by atoms with Gasteiger partial charge >= 0.3 is 0 Å². The number of anilines is 2. The normalized spacial score (nSPS) is 23.7. The first-order valence-corrected chi connectivity index (χ1v) is 14.2. The monoisotopic (exact) mass is 479 g/mol. The number of methoxy groups -OCH3 is 1. The van der Waals surface area contributed by atoms with Crippen LogP contribution in [-0.4, -0.2) is 69.7 Å². The van der Waals surface area contributed by atoms with Gasteiger partial charge < -0.3 is 14.5 Å². The van der Waals surface area contributed by atoms with Crippen molar-refractivity contribution in [1.82, 2.24) is 4.90 Å². The van der Waals surface area contributed by atoms with Gasteiger partial charge in [-0.1, -0.05) is 25.8 Å². The number of rotatable bonds is 7. The van der Waals surface area contributed by atoms with Crippen LogP contribution in [0.2, 0.25) is 0 Å². The number of ether oxygens (including phenoxy) is 1. The highest BCUT2D eigenvalue weighted by atomic mass is 16.5. The van der Waals surface area contributed by atoms with E-state index in [2.05, 4.69) is 39.0 Å². The summed E-state index contributed by atoms with van der Waals surface area (Å²) in [6, 6.07) is 7.23. The van der Waals surface area contributed by atoms with Crippen molar-refractivity contribution in [3.05, 3.63) is 29.8 Å². The fourth-order valence-electron chi connectivity index (χ4n) is 6.88. The van der Waals surface area contributed by atoms with E-state index >= 15 is 0 Å². The Balaban J connectivity index is 1.36. The van der Waals surface area contributed by atoms with E-state index in [1.807, 2.05) is 14.0 Å². The van der Waals surface area contributed by atoms with E-state index in [0.29, 0.717) is 30.3 Å². The molecule has 0 amide bonds. The van der Waals surface area contributed by atoms with Crippen LogP contribution in [0.3, 0.4) is 0 Å². The largest absolute Gasteiger partial charge is 0.381 e. The zero-order chi connectivity index (χ0) is 24.3. The number of piperazine rings is 1. The first kappa shape index (κ1) is 24.8. The number of Topliss-reactive ketones (excluding diaryl/α,β-unsaturated/α-hetero) is 1. The molecule has 0 N–H and O–H groups in total. The lowest BCUT2D eigenvalue weighted by Crippen LogP contribution is -2.48. The first-order chi connectivity index (χ1) is 17.1. The molecule has 4 aliphatic rings. The number of benzene rings is 1. The lowest BCUT2D eigenvalue weighted by molar-refractivity contribution is -0.119. The number of hydrogen-bond acceptors (Lipinski definition) is 5. The third kappa shape index (κ3) is 5.61. The topological polar surface area (TPSA) is 36.0 Å². The van der Waals surface area contributed by atoms with Crippen LogP contribution in [0.1, 0.15) is 76.7 Å². The summed E-state index contributed by atoms with van der Waals surface area (Å²) in [5, 5.41) is 0. The minimum absolute atomic E-state index is 0.355. The van der Waals surface area contributed by atoms with Crippen molar-refractivity contribution in [1.29, 1.82) is 0 Å². The van der Waals surface area contributed by atoms with Crippen molar-refractivity contribution in [3.63, 3.8) is 0 Å². The molecule has 35 heavy (non-hydrogen) atoms. The van der Waals surface area contributed by atoms with Crippen molar-refractivity contribution in [3.8, 4) is 0 Å². The molecule has 1 saturated carbocycles. The molecular weight excluding hydrogens is 434 g/mol. The van der Waals surface area contributed by atoms with E-state index in [4.69, 9.17) is 4.74 Å². The van der Waals surface area contributed by atoms with Gasteiger partial charge in [0.1, 0.15) is 5.78 Å². The maximum Gasteiger partial charge on any atom is 0.146 e. The standard InChI is InChI=1S/C30H45N3O2/c1-3-26(34)23-31-18-20-33(21-19-31)29-7-6-25(32-16-10-27(35-2)11-17-32)22-28(29)24-8-14-30(15-9-24)12-4-5-13-30/h6-8,22,27H,3-5,9-21,23H2,1-2H3. The molecule has 5 heteroatoms. The zero-order valence-corrected chi connectivity index (χ0v) is 22.1. The van der Waals surface area contributed by atoms with Crippen LogP contribution < -0.4 is 9.80 Å². The zero-order valence-electron chi connectivity index (χ0n) is 22.1. The first-order valence-electron chi connectivity index (χ1n) is 14.2. The molecule has 2 aliphatic heterocycles. The van der Waals surface area contributed by atoms with Crippen LogP contribution >= 0.6 is 0 Å². The Hall–Kier alpha value is -1.85. The molecule has 0 radical (unpaired) electrons. The maximum atomic E-state index is 12.0. The summed E-state index contributed by atoms with van der Waals surface area (Å²) < 4.78 is 5.61. The number of nitrogens with zero attached hydrogens (tertiary/aromatic N) is 3. The molecule has 192 valence electrons. The third-order valence-corrected chi connectivity index (χ3v) is 9.34. The van der Waals surface area contributed by atoms with Gasteiger partial charge in [-0.3, -0.25) is 9.69 Å². The van der Waals surface area contributed by atoms with Crippen molar-refractivity contribution < 1.29 is 9.53 Å². The Morgan fingerprint density at radius 2 is 1.74 bits per heavy atom. The van der Waals surface area contributed by atoms with Gasteiger partial charge in [0.25, 0.3) is 0 Å². The highest BCUT2D eigenvalue weighted by Crippen LogP contribution is 2.50. The number of hydrogen-bond donors (Lipinski definition) is 0. The van der Waals surface area contributed by atoms with Crippen LogP contribution in [0, 0.1) is 5.41 Å². The molecule has 3 fully saturated rings. The molecule has 0 bridgehead atoms. The second-order valence-electron chi connectivity index (χ2n) is 11.4. The van der Waals surface area contributed by atoms with Crippen LogP contribution in [0.4, 0.5) is 11.4 Å². The number of allylic oxidation sites excluding steroid dienone is 2. The van der Waals surface area contributed by atoms with E-state index < -0.39 is 0 Å². The summed E-state index contributed by atoms with van der Waals surface area (Å²) >= 11 is 0. The summed E-state index contributed by atoms with van der Waals surface area (Å²) in [5.74, 6) is 0.355. The fourth-order valence-corrected chi connectivity index (χ4v) is 6.88. The molecule has 2 aliphatic carbocycles. The number of carbonyl (C=O) groups is 1. The highest BCUT2D eigenvalue weighted by molar-refractivity contribution is 5.81. The van der Waals surface area contributed by atoms with Gasteiger partial charge in [0.05, 0.1) is 12.6 Å². The van der Waals surface area contributed by atoms with E-state index in [0.717, 1.165) is 52.1 Å². The van der Waals surface area contributed by atoms with Gasteiger partial charge in [-0.15, -0.1) is 0 Å². The molecule has 1 aromatic carbocycles. The predicted molar refractivity (Wildman–Crippen MR) is 145 cm³/mol. The van der Waals surface area contributed by atoms with Gasteiger partial charge in [0.2, 0.25) is 0 Å². The minimum atomic E-state index is 0.355. The Kier molecular flexibility index (Phi) is 7.83. The lowest BCUT2D eigenvalue weighted by atomic mass is 9.72. The molecule has 0 unspecified atom stereocenters. The van der Waals surface area contributed by atoms with Gasteiger partial charge in [-0.25, -0.2) is 0 Å². The van der Waals surface area contributed by atoms with Gasteiger partial charge in [0, 0.05) is 69.7 Å². The summed E-state index contributed by atoms with van der Waals surface area (Å²) in [6.45, 7) is 8.67. The summed E-state index contributed by atoms with van der Waals surface area (Å²) in [6.07, 6.45) is 15.4. The summed E-state index contributed by atoms with van der Waals surface area (Å²) in [5.41, 5.74) is 6.39. The van der Waals surface area contributed by atoms with E-state index in [-0.39, 0.29) is 0 Å². The quantitative estimate of drug-likeness (QED) is 0.514. The predicted octanol–water partition coefficient (Wildman–Crippen LogP) is 5.53. The molecule has 1 aromatic rings. The molecule has 0 atom stereocenters. The van der Waals surface area contributed by atoms with Crippen molar-refractivity contribution >= 4 is 22.7 Å². The number of piperidine rings is 1. The highest BCUT2D eigenvalue weighted by Gasteiger charge is 2.35. The van der Waals surface area contributed by atoms with Crippen LogP contribution in [0.15, 0.2) is 24.3 Å². The average Bonchev–Trinajstić information content (AvgIpc) is 3.37.